The highest BCUT2D eigenvalue weighted by Gasteiger charge is 2.38. The van der Waals surface area contributed by atoms with Gasteiger partial charge in [-0.2, -0.15) is 0 Å². The van der Waals surface area contributed by atoms with Crippen LogP contribution in [0.5, 0.6) is 0 Å². The molecule has 162 valence electrons. The molecule has 0 atom stereocenters. The summed E-state index contributed by atoms with van der Waals surface area (Å²) in [5, 5.41) is 2.85. The molecule has 1 N–H and O–H groups in total. The standard InChI is InChI=1S/C22H29N3O5/c1-13(2)12-30-22(29)23-16-7-9-24(10-8-16)19(26)15-5-6-17-18(11-15)21(28)25(14(3)4)20(17)27/h5-6,11,13-14,16H,7-10,12H2,1-4H3,(H,23,29). The number of alkyl carbamates (subject to hydrolysis) is 1. The first-order valence-corrected chi connectivity index (χ1v) is 10.4. The van der Waals surface area contributed by atoms with Crippen molar-refractivity contribution in [1.82, 2.24) is 15.1 Å². The van der Waals surface area contributed by atoms with Gasteiger partial charge in [0.15, 0.2) is 0 Å². The van der Waals surface area contributed by atoms with E-state index >= 15 is 0 Å². The first-order valence-electron chi connectivity index (χ1n) is 10.4. The molecule has 0 radical (unpaired) electrons. The van der Waals surface area contributed by atoms with Crippen LogP contribution in [0, 0.1) is 5.92 Å². The van der Waals surface area contributed by atoms with Crippen LogP contribution in [0.3, 0.4) is 0 Å². The number of fused-ring (bicyclic) bond motifs is 1. The highest BCUT2D eigenvalue weighted by Crippen LogP contribution is 2.26. The quantitative estimate of drug-likeness (QED) is 0.746. The van der Waals surface area contributed by atoms with Crippen LogP contribution in [0.4, 0.5) is 4.79 Å². The minimum Gasteiger partial charge on any atom is -0.449 e. The molecule has 0 aromatic heterocycles. The van der Waals surface area contributed by atoms with Gasteiger partial charge in [-0.05, 0) is 50.8 Å². The molecule has 0 unspecified atom stereocenters. The molecule has 0 aliphatic carbocycles. The average molecular weight is 415 g/mol. The Kier molecular flexibility index (Phi) is 6.43. The fourth-order valence-corrected chi connectivity index (χ4v) is 3.72. The minimum atomic E-state index is -0.426. The van der Waals surface area contributed by atoms with Gasteiger partial charge >= 0.3 is 6.09 Å². The second-order valence-electron chi connectivity index (χ2n) is 8.54. The predicted molar refractivity (Wildman–Crippen MR) is 110 cm³/mol. The Labute approximate surface area is 176 Å². The molecule has 0 saturated carbocycles. The first-order chi connectivity index (χ1) is 14.2. The van der Waals surface area contributed by atoms with Gasteiger partial charge < -0.3 is 15.0 Å². The molecule has 2 heterocycles. The summed E-state index contributed by atoms with van der Waals surface area (Å²) in [6.45, 7) is 8.87. The molecular weight excluding hydrogens is 386 g/mol. The van der Waals surface area contributed by atoms with E-state index < -0.39 is 6.09 Å². The lowest BCUT2D eigenvalue weighted by atomic mass is 10.0. The maximum Gasteiger partial charge on any atom is 0.407 e. The number of benzene rings is 1. The van der Waals surface area contributed by atoms with E-state index in [0.29, 0.717) is 43.7 Å². The second kappa shape index (κ2) is 8.85. The summed E-state index contributed by atoms with van der Waals surface area (Å²) in [6.07, 6.45) is 0.836. The zero-order valence-corrected chi connectivity index (χ0v) is 17.9. The van der Waals surface area contributed by atoms with Crippen molar-refractivity contribution in [3.05, 3.63) is 34.9 Å². The van der Waals surface area contributed by atoms with Gasteiger partial charge in [-0.25, -0.2) is 4.79 Å². The van der Waals surface area contributed by atoms with Crippen LogP contribution in [0.1, 0.15) is 71.6 Å². The fourth-order valence-electron chi connectivity index (χ4n) is 3.72. The molecule has 2 aliphatic rings. The zero-order chi connectivity index (χ0) is 22.0. The number of carbonyl (C=O) groups excluding carboxylic acids is 4. The summed E-state index contributed by atoms with van der Waals surface area (Å²) in [7, 11) is 0. The Morgan fingerprint density at radius 2 is 1.70 bits per heavy atom. The van der Waals surface area contributed by atoms with E-state index in [1.165, 1.54) is 11.0 Å². The van der Waals surface area contributed by atoms with E-state index in [2.05, 4.69) is 5.32 Å². The Balaban J connectivity index is 1.60. The Bertz CT molecular complexity index is 856. The fraction of sp³-hybridized carbons (Fsp3) is 0.545. The van der Waals surface area contributed by atoms with Crippen LogP contribution >= 0.6 is 0 Å². The number of carbonyl (C=O) groups is 4. The smallest absolute Gasteiger partial charge is 0.407 e. The van der Waals surface area contributed by atoms with Crippen LogP contribution < -0.4 is 5.32 Å². The van der Waals surface area contributed by atoms with Crippen molar-refractivity contribution in [1.29, 1.82) is 0 Å². The van der Waals surface area contributed by atoms with E-state index in [1.54, 1.807) is 30.9 Å². The van der Waals surface area contributed by atoms with E-state index in [4.69, 9.17) is 4.74 Å². The van der Waals surface area contributed by atoms with Gasteiger partial charge in [0.25, 0.3) is 17.7 Å². The Morgan fingerprint density at radius 1 is 1.07 bits per heavy atom. The molecule has 8 heteroatoms. The first kappa shape index (κ1) is 21.8. The van der Waals surface area contributed by atoms with Crippen LogP contribution in [-0.4, -0.2) is 65.4 Å². The number of nitrogens with zero attached hydrogens (tertiary/aromatic N) is 2. The largest absolute Gasteiger partial charge is 0.449 e. The Morgan fingerprint density at radius 3 is 2.30 bits per heavy atom. The summed E-state index contributed by atoms with van der Waals surface area (Å²) in [5.74, 6) is -0.582. The summed E-state index contributed by atoms with van der Waals surface area (Å²) in [6, 6.07) is 4.41. The third-order valence-corrected chi connectivity index (χ3v) is 5.33. The van der Waals surface area contributed by atoms with Crippen molar-refractivity contribution >= 4 is 23.8 Å². The van der Waals surface area contributed by atoms with Crippen molar-refractivity contribution in [2.24, 2.45) is 5.92 Å². The molecule has 1 aromatic carbocycles. The van der Waals surface area contributed by atoms with E-state index in [1.807, 2.05) is 13.8 Å². The summed E-state index contributed by atoms with van der Waals surface area (Å²) >= 11 is 0. The molecule has 30 heavy (non-hydrogen) atoms. The molecule has 1 aromatic rings. The van der Waals surface area contributed by atoms with Gasteiger partial charge in [0.05, 0.1) is 17.7 Å². The normalized spacial score (nSPS) is 17.0. The van der Waals surface area contributed by atoms with Gasteiger partial charge in [0, 0.05) is 30.7 Å². The number of hydrogen-bond donors (Lipinski definition) is 1. The number of nitrogens with one attached hydrogen (secondary N) is 1. The molecule has 0 bridgehead atoms. The van der Waals surface area contributed by atoms with Gasteiger partial charge in [-0.15, -0.1) is 0 Å². The summed E-state index contributed by atoms with van der Waals surface area (Å²) < 4.78 is 5.14. The number of likely N-dealkylation sites (tertiary alicyclic amines) is 1. The van der Waals surface area contributed by atoms with Gasteiger partial charge in [0.2, 0.25) is 0 Å². The van der Waals surface area contributed by atoms with Crippen molar-refractivity contribution < 1.29 is 23.9 Å². The minimum absolute atomic E-state index is 0.0347. The highest BCUT2D eigenvalue weighted by molar-refractivity contribution is 6.22. The van der Waals surface area contributed by atoms with Crippen molar-refractivity contribution in [3.63, 3.8) is 0 Å². The van der Waals surface area contributed by atoms with Gasteiger partial charge in [-0.1, -0.05) is 13.8 Å². The number of amides is 4. The third kappa shape index (κ3) is 4.47. The molecule has 3 rings (SSSR count). The van der Waals surface area contributed by atoms with Crippen molar-refractivity contribution in [2.45, 2.75) is 52.6 Å². The average Bonchev–Trinajstić information content (AvgIpc) is 2.96. The maximum absolute atomic E-state index is 12.9. The number of rotatable bonds is 5. The molecule has 1 fully saturated rings. The number of ether oxygens (including phenoxy) is 1. The van der Waals surface area contributed by atoms with Crippen LogP contribution in [0.15, 0.2) is 18.2 Å². The van der Waals surface area contributed by atoms with Gasteiger partial charge in [-0.3, -0.25) is 19.3 Å². The number of hydrogen-bond acceptors (Lipinski definition) is 5. The molecule has 0 spiro atoms. The van der Waals surface area contributed by atoms with E-state index in [9.17, 15) is 19.2 Å². The molecule has 1 saturated heterocycles. The van der Waals surface area contributed by atoms with E-state index in [0.717, 1.165) is 0 Å². The maximum atomic E-state index is 12.9. The number of imide groups is 1. The SMILES string of the molecule is CC(C)COC(=O)NC1CCN(C(=O)c2ccc3c(c2)C(=O)N(C(C)C)C3=O)CC1. The monoisotopic (exact) mass is 415 g/mol. The number of piperidine rings is 1. The van der Waals surface area contributed by atoms with Crippen LogP contribution in [0.25, 0.3) is 0 Å². The molecule has 4 amide bonds. The third-order valence-electron chi connectivity index (χ3n) is 5.33. The highest BCUT2D eigenvalue weighted by atomic mass is 16.5. The lowest BCUT2D eigenvalue weighted by molar-refractivity contribution is 0.0608. The summed E-state index contributed by atoms with van der Waals surface area (Å²) in [4.78, 5) is 52.6. The van der Waals surface area contributed by atoms with Gasteiger partial charge in [0.1, 0.15) is 0 Å². The summed E-state index contributed by atoms with van der Waals surface area (Å²) in [5.41, 5.74) is 1.01. The van der Waals surface area contributed by atoms with Crippen molar-refractivity contribution in [2.75, 3.05) is 19.7 Å². The van der Waals surface area contributed by atoms with Crippen LogP contribution in [-0.2, 0) is 4.74 Å². The molecule has 8 nitrogen and oxygen atoms in total. The molecule has 2 aliphatic heterocycles. The predicted octanol–water partition coefficient (Wildman–Crippen LogP) is 2.68. The Hall–Kier alpha value is -2.90. The second-order valence-corrected chi connectivity index (χ2v) is 8.54. The van der Waals surface area contributed by atoms with Crippen molar-refractivity contribution in [3.8, 4) is 0 Å². The lowest BCUT2D eigenvalue weighted by Crippen LogP contribution is -2.46. The van der Waals surface area contributed by atoms with E-state index in [-0.39, 0.29) is 41.3 Å². The lowest BCUT2D eigenvalue weighted by Gasteiger charge is -2.32. The zero-order valence-electron chi connectivity index (χ0n) is 17.9. The van der Waals surface area contributed by atoms with Crippen LogP contribution in [0.2, 0.25) is 0 Å². The molecular formula is C22H29N3O5. The topological polar surface area (TPSA) is 96.0 Å².